The number of phenols is 1. The first-order chi connectivity index (χ1) is 7.63. The Morgan fingerprint density at radius 1 is 1.50 bits per heavy atom. The first-order valence-electron chi connectivity index (χ1n) is 4.59. The molecule has 0 bridgehead atoms. The molecule has 1 aromatic carbocycles. The van der Waals surface area contributed by atoms with Crippen molar-refractivity contribution in [2.75, 3.05) is 7.11 Å². The van der Waals surface area contributed by atoms with Gasteiger partial charge < -0.3 is 21.3 Å². The molecule has 0 saturated heterocycles. The van der Waals surface area contributed by atoms with Crippen molar-refractivity contribution in [3.63, 3.8) is 0 Å². The lowest BCUT2D eigenvalue weighted by Crippen LogP contribution is -2.21. The Morgan fingerprint density at radius 3 is 2.88 bits per heavy atom. The lowest BCUT2D eigenvalue weighted by atomic mass is 10.1. The topological polar surface area (TPSA) is 106 Å². The molecule has 6 heteroatoms. The molecule has 0 radical (unpaired) electrons. The predicted octanol–water partition coefficient (Wildman–Crippen LogP) is 0.203. The molecule has 16 heavy (non-hydrogen) atoms. The van der Waals surface area contributed by atoms with Gasteiger partial charge in [0.1, 0.15) is 0 Å². The summed E-state index contributed by atoms with van der Waals surface area (Å²) < 4.78 is 4.97. The maximum atomic E-state index is 9.37. The summed E-state index contributed by atoms with van der Waals surface area (Å²) in [6.45, 7) is 0. The molecule has 1 rings (SSSR count). The van der Waals surface area contributed by atoms with E-state index in [1.165, 1.54) is 7.11 Å². The van der Waals surface area contributed by atoms with Gasteiger partial charge in [0.15, 0.2) is 11.5 Å². The van der Waals surface area contributed by atoms with Crippen LogP contribution in [-0.2, 0) is 6.42 Å². The van der Waals surface area contributed by atoms with Gasteiger partial charge in [0.05, 0.1) is 7.11 Å². The second-order valence-electron chi connectivity index (χ2n) is 3.03. The summed E-state index contributed by atoms with van der Waals surface area (Å²) in [5, 5.41) is 16.5. The SMILES string of the molecule is COc1cc(CC=NN=C(N)N)ccc1O. The molecule has 0 heterocycles. The Kier molecular flexibility index (Phi) is 4.14. The summed E-state index contributed by atoms with van der Waals surface area (Å²) >= 11 is 0. The van der Waals surface area contributed by atoms with Crippen molar-refractivity contribution in [2.24, 2.45) is 21.7 Å². The minimum absolute atomic E-state index is 0.0838. The van der Waals surface area contributed by atoms with Crippen LogP contribution in [0.4, 0.5) is 0 Å². The number of rotatable bonds is 4. The summed E-state index contributed by atoms with van der Waals surface area (Å²) in [6, 6.07) is 5.04. The summed E-state index contributed by atoms with van der Waals surface area (Å²) in [6.07, 6.45) is 2.11. The molecule has 0 aromatic heterocycles. The van der Waals surface area contributed by atoms with Crippen molar-refractivity contribution in [3.05, 3.63) is 23.8 Å². The fourth-order valence-corrected chi connectivity index (χ4v) is 1.10. The summed E-state index contributed by atoms with van der Waals surface area (Å²) in [5.41, 5.74) is 11.1. The van der Waals surface area contributed by atoms with Crippen molar-refractivity contribution in [3.8, 4) is 11.5 Å². The molecule has 0 atom stereocenters. The maximum absolute atomic E-state index is 9.37. The van der Waals surface area contributed by atoms with E-state index in [-0.39, 0.29) is 11.7 Å². The molecule has 0 fully saturated rings. The largest absolute Gasteiger partial charge is 0.504 e. The highest BCUT2D eigenvalue weighted by molar-refractivity contribution is 5.76. The summed E-state index contributed by atoms with van der Waals surface area (Å²) in [4.78, 5) is 0. The van der Waals surface area contributed by atoms with Crippen LogP contribution in [0.25, 0.3) is 0 Å². The monoisotopic (exact) mass is 222 g/mol. The van der Waals surface area contributed by atoms with Crippen molar-refractivity contribution in [1.82, 2.24) is 0 Å². The number of nitrogens with zero attached hydrogens (tertiary/aromatic N) is 2. The van der Waals surface area contributed by atoms with Crippen molar-refractivity contribution >= 4 is 12.2 Å². The highest BCUT2D eigenvalue weighted by Crippen LogP contribution is 2.26. The van der Waals surface area contributed by atoms with Crippen molar-refractivity contribution in [2.45, 2.75) is 6.42 Å². The summed E-state index contributed by atoms with van der Waals surface area (Å²) in [5.74, 6) is 0.444. The van der Waals surface area contributed by atoms with Crippen molar-refractivity contribution < 1.29 is 9.84 Å². The van der Waals surface area contributed by atoms with Crippen LogP contribution in [0, 0.1) is 0 Å². The lowest BCUT2D eigenvalue weighted by Gasteiger charge is -2.04. The zero-order chi connectivity index (χ0) is 12.0. The molecule has 1 aromatic rings. The number of hydrogen-bond acceptors (Lipinski definition) is 4. The van der Waals surface area contributed by atoms with E-state index < -0.39 is 0 Å². The van der Waals surface area contributed by atoms with Gasteiger partial charge in [-0.25, -0.2) is 0 Å². The number of ether oxygens (including phenoxy) is 1. The number of methoxy groups -OCH3 is 1. The average Bonchev–Trinajstić information content (AvgIpc) is 2.26. The first kappa shape index (κ1) is 11.8. The van der Waals surface area contributed by atoms with E-state index in [0.717, 1.165) is 5.56 Å². The predicted molar refractivity (Wildman–Crippen MR) is 62.7 cm³/mol. The second-order valence-corrected chi connectivity index (χ2v) is 3.03. The number of nitrogens with two attached hydrogens (primary N) is 2. The highest BCUT2D eigenvalue weighted by Gasteiger charge is 2.01. The van der Waals surface area contributed by atoms with E-state index in [2.05, 4.69) is 10.2 Å². The third-order valence-corrected chi connectivity index (χ3v) is 1.83. The van der Waals surface area contributed by atoms with Gasteiger partial charge in [0.2, 0.25) is 5.96 Å². The van der Waals surface area contributed by atoms with Crippen LogP contribution in [-0.4, -0.2) is 24.4 Å². The van der Waals surface area contributed by atoms with Gasteiger partial charge in [-0.2, -0.15) is 5.10 Å². The molecule has 0 unspecified atom stereocenters. The van der Waals surface area contributed by atoms with Crippen LogP contribution in [0.2, 0.25) is 0 Å². The van der Waals surface area contributed by atoms with Gasteiger partial charge >= 0.3 is 0 Å². The Bertz CT molecular complexity index is 411. The van der Waals surface area contributed by atoms with E-state index in [4.69, 9.17) is 16.2 Å². The van der Waals surface area contributed by atoms with E-state index in [1.54, 1.807) is 24.4 Å². The quantitative estimate of drug-likeness (QED) is 0.384. The summed E-state index contributed by atoms with van der Waals surface area (Å²) in [7, 11) is 1.49. The van der Waals surface area contributed by atoms with E-state index in [9.17, 15) is 5.11 Å². The van der Waals surface area contributed by atoms with E-state index >= 15 is 0 Å². The van der Waals surface area contributed by atoms with Gasteiger partial charge in [0, 0.05) is 12.6 Å². The number of benzene rings is 1. The van der Waals surface area contributed by atoms with Gasteiger partial charge in [-0.1, -0.05) is 6.07 Å². The number of hydrogen-bond donors (Lipinski definition) is 3. The minimum Gasteiger partial charge on any atom is -0.504 e. The van der Waals surface area contributed by atoms with E-state index in [1.807, 2.05) is 0 Å². The number of guanidine groups is 1. The second kappa shape index (κ2) is 5.59. The van der Waals surface area contributed by atoms with Crippen LogP contribution < -0.4 is 16.2 Å². The molecule has 0 amide bonds. The standard InChI is InChI=1S/C10H14N4O2/c1-16-9-6-7(2-3-8(9)15)4-5-13-14-10(11)12/h2-3,5-6,15H,4H2,1H3,(H4,11,12,14). The van der Waals surface area contributed by atoms with Crippen LogP contribution in [0.1, 0.15) is 5.56 Å². The van der Waals surface area contributed by atoms with Crippen LogP contribution >= 0.6 is 0 Å². The Labute approximate surface area is 93.2 Å². The van der Waals surface area contributed by atoms with E-state index in [0.29, 0.717) is 12.2 Å². The van der Waals surface area contributed by atoms with Crippen LogP contribution in [0.5, 0.6) is 11.5 Å². The van der Waals surface area contributed by atoms with Crippen molar-refractivity contribution in [1.29, 1.82) is 0 Å². The zero-order valence-corrected chi connectivity index (χ0v) is 8.92. The molecule has 0 aliphatic heterocycles. The average molecular weight is 222 g/mol. The lowest BCUT2D eigenvalue weighted by molar-refractivity contribution is 0.373. The number of aromatic hydroxyl groups is 1. The molecule has 0 saturated carbocycles. The Balaban J connectivity index is 2.68. The number of phenolic OH excluding ortho intramolecular Hbond substituents is 1. The Morgan fingerprint density at radius 2 is 2.25 bits per heavy atom. The smallest absolute Gasteiger partial charge is 0.211 e. The van der Waals surface area contributed by atoms with Gasteiger partial charge in [-0.3, -0.25) is 0 Å². The third-order valence-electron chi connectivity index (χ3n) is 1.83. The molecular formula is C10H14N4O2. The fraction of sp³-hybridized carbons (Fsp3) is 0.200. The first-order valence-corrected chi connectivity index (χ1v) is 4.59. The van der Waals surface area contributed by atoms with Crippen LogP contribution in [0.15, 0.2) is 28.4 Å². The van der Waals surface area contributed by atoms with Gasteiger partial charge in [0.25, 0.3) is 0 Å². The van der Waals surface area contributed by atoms with Crippen LogP contribution in [0.3, 0.4) is 0 Å². The molecule has 5 N–H and O–H groups in total. The minimum atomic E-state index is -0.0838. The molecule has 6 nitrogen and oxygen atoms in total. The fourth-order valence-electron chi connectivity index (χ4n) is 1.10. The van der Waals surface area contributed by atoms with Gasteiger partial charge in [-0.15, -0.1) is 5.10 Å². The highest BCUT2D eigenvalue weighted by atomic mass is 16.5. The molecule has 0 aliphatic rings. The zero-order valence-electron chi connectivity index (χ0n) is 8.92. The maximum Gasteiger partial charge on any atom is 0.211 e. The molecule has 86 valence electrons. The third kappa shape index (κ3) is 3.49. The van der Waals surface area contributed by atoms with Gasteiger partial charge in [-0.05, 0) is 17.7 Å². The molecule has 0 spiro atoms. The molecular weight excluding hydrogens is 208 g/mol. The normalized spacial score (nSPS) is 10.3. The molecule has 0 aliphatic carbocycles. The Hall–Kier alpha value is -2.24.